The van der Waals surface area contributed by atoms with Gasteiger partial charge in [0.15, 0.2) is 4.80 Å². The van der Waals surface area contributed by atoms with Crippen molar-refractivity contribution in [1.82, 2.24) is 4.57 Å². The van der Waals surface area contributed by atoms with Gasteiger partial charge in [-0.3, -0.25) is 0 Å². The molecule has 0 aliphatic rings. The molecule has 0 N–H and O–H groups in total. The summed E-state index contributed by atoms with van der Waals surface area (Å²) >= 11 is 1.62. The Labute approximate surface area is 139 Å². The lowest BCUT2D eigenvalue weighted by atomic mass is 10.1. The molecular formula is C19H19FN2S. The minimum absolute atomic E-state index is 0.210. The van der Waals surface area contributed by atoms with E-state index in [0.29, 0.717) is 0 Å². The molecule has 2 aromatic carbocycles. The molecular weight excluding hydrogens is 307 g/mol. The number of hydrogen-bond donors (Lipinski definition) is 0. The number of hydrogen-bond acceptors (Lipinski definition) is 2. The summed E-state index contributed by atoms with van der Waals surface area (Å²) in [7, 11) is 0. The van der Waals surface area contributed by atoms with Crippen molar-refractivity contribution in [2.75, 3.05) is 0 Å². The fourth-order valence-corrected chi connectivity index (χ4v) is 3.37. The van der Waals surface area contributed by atoms with Crippen LogP contribution in [-0.4, -0.2) is 4.57 Å². The van der Waals surface area contributed by atoms with Gasteiger partial charge in [-0.2, -0.15) is 0 Å². The molecule has 0 radical (unpaired) electrons. The molecule has 0 saturated carbocycles. The number of para-hydroxylation sites is 1. The van der Waals surface area contributed by atoms with E-state index in [-0.39, 0.29) is 5.82 Å². The molecule has 0 bridgehead atoms. The zero-order valence-corrected chi connectivity index (χ0v) is 13.9. The predicted octanol–water partition coefficient (Wildman–Crippen LogP) is 5.39. The highest BCUT2D eigenvalue weighted by Crippen LogP contribution is 2.21. The average molecular weight is 326 g/mol. The maximum atomic E-state index is 13.2. The molecule has 4 heteroatoms. The smallest absolute Gasteiger partial charge is 0.190 e. The van der Waals surface area contributed by atoms with Gasteiger partial charge >= 0.3 is 0 Å². The normalized spacial score (nSPS) is 11.8. The Bertz CT molecular complexity index is 817. The second kappa shape index (κ2) is 7.38. The number of thiazole rings is 1. The van der Waals surface area contributed by atoms with Crippen molar-refractivity contribution in [1.29, 1.82) is 0 Å². The van der Waals surface area contributed by atoms with E-state index in [9.17, 15) is 4.39 Å². The monoisotopic (exact) mass is 326 g/mol. The van der Waals surface area contributed by atoms with Gasteiger partial charge in [0.2, 0.25) is 0 Å². The molecule has 0 aliphatic heterocycles. The SMILES string of the molecule is CCCCn1c(-c2ccc(F)cc2)csc1=Nc1ccccc1. The quantitative estimate of drug-likeness (QED) is 0.598. The van der Waals surface area contributed by atoms with Crippen LogP contribution in [0.4, 0.5) is 10.1 Å². The maximum Gasteiger partial charge on any atom is 0.190 e. The van der Waals surface area contributed by atoms with E-state index >= 15 is 0 Å². The van der Waals surface area contributed by atoms with Crippen molar-refractivity contribution in [3.05, 3.63) is 70.6 Å². The van der Waals surface area contributed by atoms with Crippen LogP contribution in [0.2, 0.25) is 0 Å². The van der Waals surface area contributed by atoms with Gasteiger partial charge in [0.05, 0.1) is 11.4 Å². The highest BCUT2D eigenvalue weighted by atomic mass is 32.1. The topological polar surface area (TPSA) is 17.3 Å². The zero-order valence-electron chi connectivity index (χ0n) is 13.1. The first-order valence-corrected chi connectivity index (χ1v) is 8.70. The van der Waals surface area contributed by atoms with Crippen molar-refractivity contribution in [3.8, 4) is 11.3 Å². The molecule has 0 saturated heterocycles. The van der Waals surface area contributed by atoms with Gasteiger partial charge in [0, 0.05) is 11.9 Å². The Balaban J connectivity index is 2.07. The third kappa shape index (κ3) is 3.77. The third-order valence-corrected chi connectivity index (χ3v) is 4.52. The van der Waals surface area contributed by atoms with Crippen LogP contribution in [0.25, 0.3) is 11.3 Å². The summed E-state index contributed by atoms with van der Waals surface area (Å²) in [6.45, 7) is 3.09. The van der Waals surface area contributed by atoms with Gasteiger partial charge in [-0.15, -0.1) is 11.3 Å². The van der Waals surface area contributed by atoms with E-state index in [1.54, 1.807) is 11.3 Å². The number of halogens is 1. The summed E-state index contributed by atoms with van der Waals surface area (Å²) in [5, 5.41) is 2.10. The van der Waals surface area contributed by atoms with Gasteiger partial charge in [0.1, 0.15) is 5.82 Å². The first-order valence-electron chi connectivity index (χ1n) is 7.82. The summed E-state index contributed by atoms with van der Waals surface area (Å²) in [5.74, 6) is -0.210. The predicted molar refractivity (Wildman–Crippen MR) is 94.3 cm³/mol. The summed E-state index contributed by atoms with van der Waals surface area (Å²) in [5.41, 5.74) is 3.07. The lowest BCUT2D eigenvalue weighted by molar-refractivity contribution is 0.621. The standard InChI is InChI=1S/C19H19FN2S/c1-2-3-13-22-18(15-9-11-16(20)12-10-15)14-23-19(22)21-17-7-5-4-6-8-17/h4-12,14H,2-3,13H2,1H3. The Hall–Kier alpha value is -2.20. The van der Waals surface area contributed by atoms with Crippen molar-refractivity contribution in [2.45, 2.75) is 26.3 Å². The molecule has 0 amide bonds. The maximum absolute atomic E-state index is 13.2. The van der Waals surface area contributed by atoms with Gasteiger partial charge in [-0.25, -0.2) is 9.38 Å². The van der Waals surface area contributed by atoms with Crippen LogP contribution in [0, 0.1) is 5.82 Å². The van der Waals surface area contributed by atoms with E-state index < -0.39 is 0 Å². The van der Waals surface area contributed by atoms with Crippen molar-refractivity contribution < 1.29 is 4.39 Å². The fraction of sp³-hybridized carbons (Fsp3) is 0.211. The van der Waals surface area contributed by atoms with Gasteiger partial charge in [-0.1, -0.05) is 31.5 Å². The molecule has 1 heterocycles. The molecule has 3 rings (SSSR count). The highest BCUT2D eigenvalue weighted by molar-refractivity contribution is 7.07. The van der Waals surface area contributed by atoms with E-state index in [1.807, 2.05) is 42.5 Å². The summed E-state index contributed by atoms with van der Waals surface area (Å²) in [4.78, 5) is 5.74. The Morgan fingerprint density at radius 3 is 2.48 bits per heavy atom. The minimum Gasteiger partial charge on any atom is -0.316 e. The van der Waals surface area contributed by atoms with Crippen LogP contribution in [0.5, 0.6) is 0 Å². The summed E-state index contributed by atoms with van der Waals surface area (Å²) in [6, 6.07) is 16.6. The molecule has 0 atom stereocenters. The zero-order chi connectivity index (χ0) is 16.1. The van der Waals surface area contributed by atoms with Crippen molar-refractivity contribution in [3.63, 3.8) is 0 Å². The molecule has 0 unspecified atom stereocenters. The molecule has 0 spiro atoms. The number of unbranched alkanes of at least 4 members (excludes halogenated alkanes) is 1. The fourth-order valence-electron chi connectivity index (χ4n) is 2.42. The first kappa shape index (κ1) is 15.7. The molecule has 0 fully saturated rings. The van der Waals surface area contributed by atoms with Crippen LogP contribution in [0.15, 0.2) is 65.0 Å². The second-order valence-electron chi connectivity index (χ2n) is 5.36. The Morgan fingerprint density at radius 1 is 1.04 bits per heavy atom. The van der Waals surface area contributed by atoms with Crippen molar-refractivity contribution >= 4 is 17.0 Å². The summed E-state index contributed by atoms with van der Waals surface area (Å²) < 4.78 is 15.4. The molecule has 23 heavy (non-hydrogen) atoms. The molecule has 1 aromatic heterocycles. The van der Waals surface area contributed by atoms with Crippen LogP contribution in [0.3, 0.4) is 0 Å². The lowest BCUT2D eigenvalue weighted by Crippen LogP contribution is -2.15. The Kier molecular flexibility index (Phi) is 5.03. The van der Waals surface area contributed by atoms with Crippen LogP contribution < -0.4 is 4.80 Å². The van der Waals surface area contributed by atoms with E-state index in [2.05, 4.69) is 16.9 Å². The lowest BCUT2D eigenvalue weighted by Gasteiger charge is -2.08. The molecule has 118 valence electrons. The average Bonchev–Trinajstić information content (AvgIpc) is 2.97. The number of benzene rings is 2. The van der Waals surface area contributed by atoms with E-state index in [1.165, 1.54) is 12.1 Å². The molecule has 0 aliphatic carbocycles. The third-order valence-electron chi connectivity index (χ3n) is 3.65. The van der Waals surface area contributed by atoms with Gasteiger partial charge < -0.3 is 4.57 Å². The first-order chi connectivity index (χ1) is 11.3. The van der Waals surface area contributed by atoms with E-state index in [0.717, 1.165) is 41.1 Å². The van der Waals surface area contributed by atoms with Crippen LogP contribution in [-0.2, 0) is 6.54 Å². The number of aromatic nitrogens is 1. The van der Waals surface area contributed by atoms with Crippen LogP contribution >= 0.6 is 11.3 Å². The van der Waals surface area contributed by atoms with Crippen molar-refractivity contribution in [2.24, 2.45) is 4.99 Å². The highest BCUT2D eigenvalue weighted by Gasteiger charge is 2.08. The van der Waals surface area contributed by atoms with E-state index in [4.69, 9.17) is 4.99 Å². The van der Waals surface area contributed by atoms with Gasteiger partial charge in [0.25, 0.3) is 0 Å². The Morgan fingerprint density at radius 2 is 1.78 bits per heavy atom. The van der Waals surface area contributed by atoms with Crippen LogP contribution in [0.1, 0.15) is 19.8 Å². The largest absolute Gasteiger partial charge is 0.316 e. The molecule has 3 aromatic rings. The number of nitrogens with zero attached hydrogens (tertiary/aromatic N) is 2. The minimum atomic E-state index is -0.210. The second-order valence-corrected chi connectivity index (χ2v) is 6.20. The number of rotatable bonds is 5. The summed E-state index contributed by atoms with van der Waals surface area (Å²) in [6.07, 6.45) is 2.21. The van der Waals surface area contributed by atoms with Gasteiger partial charge in [-0.05, 0) is 48.4 Å². The molecule has 2 nitrogen and oxygen atoms in total.